The number of fused-ring (bicyclic) bond motifs is 1. The highest BCUT2D eigenvalue weighted by molar-refractivity contribution is 5.92. The molecular weight excluding hydrogens is 264 g/mol. The molecule has 0 unspecified atom stereocenters. The number of carbonyl (C=O) groups excluding carboxylic acids is 1. The lowest BCUT2D eigenvalue weighted by atomic mass is 10.1. The molecule has 0 aliphatic carbocycles. The molecule has 110 valence electrons. The summed E-state index contributed by atoms with van der Waals surface area (Å²) < 4.78 is 6.04. The maximum atomic E-state index is 12.4. The number of carbonyl (C=O) groups is 1. The lowest BCUT2D eigenvalue weighted by molar-refractivity contribution is -0.127. The molecule has 4 atom stereocenters. The number of nitrogens with zero attached hydrogens (tertiary/aromatic N) is 2. The van der Waals surface area contributed by atoms with E-state index in [-0.39, 0.29) is 18.1 Å². The molecule has 0 N–H and O–H groups in total. The number of ether oxygens (including phenoxy) is 1. The number of morpholine rings is 1. The van der Waals surface area contributed by atoms with Gasteiger partial charge in [-0.1, -0.05) is 30.3 Å². The fourth-order valence-electron chi connectivity index (χ4n) is 4.03. The van der Waals surface area contributed by atoms with Crippen LogP contribution in [0.15, 0.2) is 36.4 Å². The van der Waals surface area contributed by atoms with Crippen molar-refractivity contribution in [3.05, 3.63) is 42.0 Å². The summed E-state index contributed by atoms with van der Waals surface area (Å²) in [6, 6.07) is 10.5. The van der Waals surface area contributed by atoms with Crippen LogP contribution in [-0.2, 0) is 9.53 Å². The lowest BCUT2D eigenvalue weighted by Crippen LogP contribution is -2.45. The van der Waals surface area contributed by atoms with Gasteiger partial charge in [-0.05, 0) is 18.1 Å². The Kier molecular flexibility index (Phi) is 3.08. The largest absolute Gasteiger partial charge is 0.370 e. The Morgan fingerprint density at radius 2 is 2.14 bits per heavy atom. The van der Waals surface area contributed by atoms with Crippen molar-refractivity contribution in [1.29, 1.82) is 0 Å². The van der Waals surface area contributed by atoms with Gasteiger partial charge in [0.05, 0.1) is 24.3 Å². The Bertz CT molecular complexity index is 557. The molecule has 4 heteroatoms. The molecule has 2 bridgehead atoms. The van der Waals surface area contributed by atoms with E-state index in [2.05, 4.69) is 4.90 Å². The van der Waals surface area contributed by atoms with Crippen LogP contribution in [0.5, 0.6) is 0 Å². The van der Waals surface area contributed by atoms with Crippen molar-refractivity contribution in [3.8, 4) is 0 Å². The summed E-state index contributed by atoms with van der Waals surface area (Å²) >= 11 is 0. The van der Waals surface area contributed by atoms with Gasteiger partial charge in [0.2, 0.25) is 5.91 Å². The van der Waals surface area contributed by atoms with Gasteiger partial charge in [-0.2, -0.15) is 0 Å². The third kappa shape index (κ3) is 2.10. The van der Waals surface area contributed by atoms with Gasteiger partial charge in [0.15, 0.2) is 0 Å². The van der Waals surface area contributed by atoms with Crippen LogP contribution in [0.1, 0.15) is 12.0 Å². The van der Waals surface area contributed by atoms with Crippen LogP contribution < -0.4 is 0 Å². The molecule has 1 aromatic rings. The minimum Gasteiger partial charge on any atom is -0.370 e. The maximum absolute atomic E-state index is 12.4. The molecule has 0 aromatic heterocycles. The maximum Gasteiger partial charge on any atom is 0.246 e. The minimum absolute atomic E-state index is 0.0619. The van der Waals surface area contributed by atoms with E-state index in [0.717, 1.165) is 25.1 Å². The molecule has 3 heterocycles. The van der Waals surface area contributed by atoms with Crippen LogP contribution in [0.2, 0.25) is 0 Å². The highest BCUT2D eigenvalue weighted by Gasteiger charge is 2.58. The van der Waals surface area contributed by atoms with Crippen LogP contribution in [0.25, 0.3) is 6.08 Å². The van der Waals surface area contributed by atoms with Crippen LogP contribution in [0, 0.1) is 0 Å². The van der Waals surface area contributed by atoms with E-state index < -0.39 is 0 Å². The number of benzene rings is 1. The average Bonchev–Trinajstić information content (AvgIpc) is 3.11. The summed E-state index contributed by atoms with van der Waals surface area (Å²) in [6.45, 7) is 2.09. The zero-order valence-electron chi connectivity index (χ0n) is 12.2. The van der Waals surface area contributed by atoms with Gasteiger partial charge >= 0.3 is 0 Å². The summed E-state index contributed by atoms with van der Waals surface area (Å²) in [4.78, 5) is 16.8. The van der Waals surface area contributed by atoms with E-state index in [4.69, 9.17) is 4.74 Å². The molecule has 4 rings (SSSR count). The number of hydrogen-bond donors (Lipinski definition) is 0. The Morgan fingerprint density at radius 1 is 1.33 bits per heavy atom. The zero-order chi connectivity index (χ0) is 14.4. The highest BCUT2D eigenvalue weighted by atomic mass is 16.5. The number of hydrogen-bond acceptors (Lipinski definition) is 3. The van der Waals surface area contributed by atoms with E-state index in [9.17, 15) is 4.79 Å². The molecule has 3 aliphatic rings. The van der Waals surface area contributed by atoms with E-state index in [1.165, 1.54) is 0 Å². The van der Waals surface area contributed by atoms with Gasteiger partial charge in [0.1, 0.15) is 0 Å². The summed E-state index contributed by atoms with van der Waals surface area (Å²) in [6.07, 6.45) is 5.19. The molecule has 4 nitrogen and oxygen atoms in total. The van der Waals surface area contributed by atoms with Gasteiger partial charge in [-0.25, -0.2) is 0 Å². The minimum atomic E-state index is 0.0619. The van der Waals surface area contributed by atoms with E-state index in [0.29, 0.717) is 12.1 Å². The molecule has 3 fully saturated rings. The quantitative estimate of drug-likeness (QED) is 0.786. The first kappa shape index (κ1) is 13.0. The van der Waals surface area contributed by atoms with Crippen molar-refractivity contribution in [2.45, 2.75) is 30.7 Å². The van der Waals surface area contributed by atoms with Gasteiger partial charge < -0.3 is 9.64 Å². The number of amides is 1. The predicted octanol–water partition coefficient (Wildman–Crippen LogP) is 1.38. The molecule has 1 amide bonds. The van der Waals surface area contributed by atoms with Crippen molar-refractivity contribution < 1.29 is 9.53 Å². The molecule has 0 saturated carbocycles. The van der Waals surface area contributed by atoms with Gasteiger partial charge in [-0.15, -0.1) is 0 Å². The second kappa shape index (κ2) is 4.97. The predicted molar refractivity (Wildman–Crippen MR) is 80.7 cm³/mol. The van der Waals surface area contributed by atoms with Crippen molar-refractivity contribution in [2.75, 3.05) is 20.1 Å². The second-order valence-corrected chi connectivity index (χ2v) is 6.17. The van der Waals surface area contributed by atoms with Crippen LogP contribution >= 0.6 is 0 Å². The first-order chi connectivity index (χ1) is 10.2. The fourth-order valence-corrected chi connectivity index (χ4v) is 4.03. The number of rotatable bonds is 3. The van der Waals surface area contributed by atoms with Crippen LogP contribution in [-0.4, -0.2) is 60.1 Å². The average molecular weight is 284 g/mol. The Morgan fingerprint density at radius 3 is 2.90 bits per heavy atom. The first-order valence-corrected chi connectivity index (χ1v) is 7.63. The second-order valence-electron chi connectivity index (χ2n) is 6.17. The van der Waals surface area contributed by atoms with Crippen molar-refractivity contribution in [1.82, 2.24) is 9.80 Å². The van der Waals surface area contributed by atoms with Gasteiger partial charge in [0, 0.05) is 26.2 Å². The molecule has 0 spiro atoms. The smallest absolute Gasteiger partial charge is 0.246 e. The summed E-state index contributed by atoms with van der Waals surface area (Å²) in [5, 5.41) is 0. The van der Waals surface area contributed by atoms with Crippen LogP contribution in [0.3, 0.4) is 0 Å². The normalized spacial score (nSPS) is 34.0. The summed E-state index contributed by atoms with van der Waals surface area (Å²) in [7, 11) is 1.91. The molecule has 1 aromatic carbocycles. The SMILES string of the molecule is CN(C(=O)/C=C/c1ccccc1)[C@@H]1[C@H]2[C@@H]3CCN2C[C@@H]1O3. The van der Waals surface area contributed by atoms with E-state index in [1.807, 2.05) is 48.4 Å². The Labute approximate surface area is 125 Å². The van der Waals surface area contributed by atoms with Crippen molar-refractivity contribution in [3.63, 3.8) is 0 Å². The molecule has 3 saturated heterocycles. The fraction of sp³-hybridized carbons (Fsp3) is 0.471. The van der Waals surface area contributed by atoms with Crippen molar-refractivity contribution in [2.24, 2.45) is 0 Å². The molecular formula is C17H20N2O2. The molecule has 0 radical (unpaired) electrons. The third-order valence-electron chi connectivity index (χ3n) is 5.01. The Hall–Kier alpha value is -1.65. The first-order valence-electron chi connectivity index (χ1n) is 7.63. The topological polar surface area (TPSA) is 32.8 Å². The highest BCUT2D eigenvalue weighted by Crippen LogP contribution is 2.41. The summed E-state index contributed by atoms with van der Waals surface area (Å²) in [5.74, 6) is 0.0619. The van der Waals surface area contributed by atoms with Crippen molar-refractivity contribution >= 4 is 12.0 Å². The number of likely N-dealkylation sites (N-methyl/N-ethyl adjacent to an activating group) is 1. The van der Waals surface area contributed by atoms with E-state index in [1.54, 1.807) is 6.08 Å². The van der Waals surface area contributed by atoms with Crippen LogP contribution in [0.4, 0.5) is 0 Å². The van der Waals surface area contributed by atoms with E-state index >= 15 is 0 Å². The monoisotopic (exact) mass is 284 g/mol. The molecule has 3 aliphatic heterocycles. The van der Waals surface area contributed by atoms with Gasteiger partial charge in [0.25, 0.3) is 0 Å². The standard InChI is InChI=1S/C17H20N2O2/c1-18(15(20)8-7-12-5-3-2-4-6-12)16-14-11-19-10-9-13(21-14)17(16)19/h2-8,13-14,16-17H,9-11H2,1H3/b8-7+/t13-,14-,16-,17+/m0/s1. The zero-order valence-corrected chi connectivity index (χ0v) is 12.2. The van der Waals surface area contributed by atoms with Gasteiger partial charge in [-0.3, -0.25) is 9.69 Å². The Balaban J connectivity index is 1.47. The summed E-state index contributed by atoms with van der Waals surface area (Å²) in [5.41, 5.74) is 1.05. The lowest BCUT2D eigenvalue weighted by Gasteiger charge is -2.26. The molecule has 21 heavy (non-hydrogen) atoms. The third-order valence-corrected chi connectivity index (χ3v) is 5.01.